The van der Waals surface area contributed by atoms with Gasteiger partial charge in [-0.25, -0.2) is 13.2 Å². The molecule has 1 unspecified atom stereocenters. The molecule has 0 saturated heterocycles. The number of benzene rings is 2. The van der Waals surface area contributed by atoms with Crippen LogP contribution in [0.4, 0.5) is 13.2 Å². The van der Waals surface area contributed by atoms with Gasteiger partial charge in [0.2, 0.25) is 0 Å². The Morgan fingerprint density at radius 2 is 1.88 bits per heavy atom. The molecule has 24 heavy (non-hydrogen) atoms. The number of ether oxygens (including phenoxy) is 1. The third kappa shape index (κ3) is 4.73. The summed E-state index contributed by atoms with van der Waals surface area (Å²) >= 11 is 0. The molecule has 2 aromatic rings. The zero-order valence-corrected chi connectivity index (χ0v) is 12.9. The quantitative estimate of drug-likeness (QED) is 0.850. The van der Waals surface area contributed by atoms with Crippen LogP contribution >= 0.6 is 0 Å². The van der Waals surface area contributed by atoms with Gasteiger partial charge in [0.05, 0.1) is 0 Å². The lowest BCUT2D eigenvalue weighted by Gasteiger charge is -2.14. The number of hydrogen-bond donors (Lipinski definition) is 2. The van der Waals surface area contributed by atoms with Crippen LogP contribution in [0.25, 0.3) is 0 Å². The van der Waals surface area contributed by atoms with E-state index in [-0.39, 0.29) is 13.2 Å². The van der Waals surface area contributed by atoms with Gasteiger partial charge in [-0.05, 0) is 24.6 Å². The molecule has 0 aromatic heterocycles. The van der Waals surface area contributed by atoms with E-state index in [1.165, 1.54) is 0 Å². The van der Waals surface area contributed by atoms with E-state index in [9.17, 15) is 23.1 Å². The van der Waals surface area contributed by atoms with Gasteiger partial charge in [0.25, 0.3) is 5.91 Å². The number of aryl methyl sites for hydroxylation is 1. The van der Waals surface area contributed by atoms with Gasteiger partial charge >= 0.3 is 0 Å². The van der Waals surface area contributed by atoms with Crippen LogP contribution < -0.4 is 10.1 Å². The third-order valence-corrected chi connectivity index (χ3v) is 3.16. The van der Waals surface area contributed by atoms with Gasteiger partial charge in [-0.3, -0.25) is 4.79 Å². The number of carbonyl (C=O) groups excluding carboxylic acids is 1. The zero-order chi connectivity index (χ0) is 17.7. The number of aliphatic hydroxyl groups excluding tert-OH is 1. The van der Waals surface area contributed by atoms with Crippen LogP contribution in [-0.2, 0) is 0 Å². The summed E-state index contributed by atoms with van der Waals surface area (Å²) in [5.41, 5.74) is 0.0840. The molecule has 0 aliphatic carbocycles. The number of halogens is 3. The molecule has 1 atom stereocenters. The first-order valence-corrected chi connectivity index (χ1v) is 7.17. The van der Waals surface area contributed by atoms with E-state index in [1.807, 2.05) is 13.0 Å². The van der Waals surface area contributed by atoms with Crippen LogP contribution in [0.3, 0.4) is 0 Å². The van der Waals surface area contributed by atoms with Crippen molar-refractivity contribution in [2.24, 2.45) is 0 Å². The summed E-state index contributed by atoms with van der Waals surface area (Å²) in [5.74, 6) is -4.27. The van der Waals surface area contributed by atoms with Crippen molar-refractivity contribution in [3.63, 3.8) is 0 Å². The van der Waals surface area contributed by atoms with Crippen LogP contribution in [0.5, 0.6) is 5.75 Å². The van der Waals surface area contributed by atoms with Crippen LogP contribution in [-0.4, -0.2) is 30.3 Å². The van der Waals surface area contributed by atoms with Crippen molar-refractivity contribution in [3.05, 3.63) is 65.0 Å². The Morgan fingerprint density at radius 1 is 1.21 bits per heavy atom. The van der Waals surface area contributed by atoms with Crippen molar-refractivity contribution in [1.29, 1.82) is 0 Å². The van der Waals surface area contributed by atoms with E-state index in [0.717, 1.165) is 5.56 Å². The van der Waals surface area contributed by atoms with E-state index in [1.54, 1.807) is 18.2 Å². The minimum atomic E-state index is -1.31. The molecule has 0 aliphatic rings. The Balaban J connectivity index is 1.87. The first kappa shape index (κ1) is 17.8. The molecule has 7 heteroatoms. The minimum absolute atomic E-state index is 0.113. The number of amides is 1. The van der Waals surface area contributed by atoms with Crippen molar-refractivity contribution < 1.29 is 27.8 Å². The molecule has 0 spiro atoms. The largest absolute Gasteiger partial charge is 0.491 e. The predicted octanol–water partition coefficient (Wildman–Crippen LogP) is 2.58. The molecule has 2 aromatic carbocycles. The van der Waals surface area contributed by atoms with Crippen LogP contribution in [0.1, 0.15) is 15.9 Å². The highest BCUT2D eigenvalue weighted by Crippen LogP contribution is 2.15. The van der Waals surface area contributed by atoms with Crippen molar-refractivity contribution in [1.82, 2.24) is 5.32 Å². The summed E-state index contributed by atoms with van der Waals surface area (Å²) in [4.78, 5) is 11.8. The normalized spacial score (nSPS) is 11.9. The van der Waals surface area contributed by atoms with Gasteiger partial charge in [-0.1, -0.05) is 12.1 Å². The molecule has 0 aliphatic heterocycles. The van der Waals surface area contributed by atoms with Gasteiger partial charge in [0.15, 0.2) is 0 Å². The van der Waals surface area contributed by atoms with Crippen molar-refractivity contribution >= 4 is 5.91 Å². The standard InChI is InChI=1S/C17H16F3NO3/c1-10-3-2-4-13(5-10)24-9-12(22)8-21-17(23)16-14(19)6-11(18)7-15(16)20/h2-7,12,22H,8-9H2,1H3,(H,21,23). The number of aliphatic hydroxyl groups is 1. The van der Waals surface area contributed by atoms with Crippen molar-refractivity contribution in [3.8, 4) is 5.75 Å². The molecule has 0 heterocycles. The fraction of sp³-hybridized carbons (Fsp3) is 0.235. The monoisotopic (exact) mass is 339 g/mol. The Bertz CT molecular complexity index is 714. The summed E-state index contributed by atoms with van der Waals surface area (Å²) in [7, 11) is 0. The van der Waals surface area contributed by atoms with E-state index in [0.29, 0.717) is 17.9 Å². The molecule has 0 radical (unpaired) electrons. The first-order valence-electron chi connectivity index (χ1n) is 7.17. The zero-order valence-electron chi connectivity index (χ0n) is 12.9. The lowest BCUT2D eigenvalue weighted by atomic mass is 10.1. The second-order valence-corrected chi connectivity index (χ2v) is 5.24. The van der Waals surface area contributed by atoms with Gasteiger partial charge < -0.3 is 15.2 Å². The fourth-order valence-corrected chi connectivity index (χ4v) is 2.01. The highest BCUT2D eigenvalue weighted by atomic mass is 19.1. The summed E-state index contributed by atoms with van der Waals surface area (Å²) in [5, 5.41) is 11.9. The molecule has 4 nitrogen and oxygen atoms in total. The van der Waals surface area contributed by atoms with E-state index in [4.69, 9.17) is 4.74 Å². The Hall–Kier alpha value is -2.54. The maximum absolute atomic E-state index is 13.5. The van der Waals surface area contributed by atoms with Crippen molar-refractivity contribution in [2.75, 3.05) is 13.2 Å². The highest BCUT2D eigenvalue weighted by Gasteiger charge is 2.19. The maximum atomic E-state index is 13.5. The van der Waals surface area contributed by atoms with Crippen LogP contribution in [0, 0.1) is 24.4 Å². The van der Waals surface area contributed by atoms with E-state index >= 15 is 0 Å². The van der Waals surface area contributed by atoms with Crippen LogP contribution in [0.15, 0.2) is 36.4 Å². The first-order chi connectivity index (χ1) is 11.4. The second kappa shape index (κ2) is 7.83. The van der Waals surface area contributed by atoms with Crippen molar-refractivity contribution in [2.45, 2.75) is 13.0 Å². The molecule has 0 bridgehead atoms. The summed E-state index contributed by atoms with van der Waals surface area (Å²) in [6, 6.07) is 7.98. The Kier molecular flexibility index (Phi) is 5.81. The van der Waals surface area contributed by atoms with Gasteiger partial charge in [-0.15, -0.1) is 0 Å². The molecule has 1 amide bonds. The van der Waals surface area contributed by atoms with Gasteiger partial charge in [-0.2, -0.15) is 0 Å². The minimum Gasteiger partial charge on any atom is -0.491 e. The topological polar surface area (TPSA) is 58.6 Å². The van der Waals surface area contributed by atoms with Gasteiger partial charge in [0.1, 0.15) is 41.5 Å². The highest BCUT2D eigenvalue weighted by molar-refractivity contribution is 5.94. The SMILES string of the molecule is Cc1cccc(OCC(O)CNC(=O)c2c(F)cc(F)cc2F)c1. The summed E-state index contributed by atoms with van der Waals surface area (Å²) in [6.07, 6.45) is -1.08. The number of nitrogens with one attached hydrogen (secondary N) is 1. The number of carbonyl (C=O) groups is 1. The second-order valence-electron chi connectivity index (χ2n) is 5.24. The van der Waals surface area contributed by atoms with Gasteiger partial charge in [0, 0.05) is 18.7 Å². The fourth-order valence-electron chi connectivity index (χ4n) is 2.01. The molecule has 2 rings (SSSR count). The molecular weight excluding hydrogens is 323 g/mol. The lowest BCUT2D eigenvalue weighted by Crippen LogP contribution is -2.36. The maximum Gasteiger partial charge on any atom is 0.257 e. The lowest BCUT2D eigenvalue weighted by molar-refractivity contribution is 0.0837. The van der Waals surface area contributed by atoms with E-state index in [2.05, 4.69) is 5.32 Å². The smallest absolute Gasteiger partial charge is 0.257 e. The molecule has 0 fully saturated rings. The van der Waals surface area contributed by atoms with E-state index < -0.39 is 35.0 Å². The summed E-state index contributed by atoms with van der Waals surface area (Å²) < 4.78 is 45.1. The average molecular weight is 339 g/mol. The Morgan fingerprint density at radius 3 is 2.50 bits per heavy atom. The molecule has 0 saturated carbocycles. The number of rotatable bonds is 6. The molecular formula is C17H16F3NO3. The molecule has 128 valence electrons. The Labute approximate surface area is 136 Å². The average Bonchev–Trinajstić information content (AvgIpc) is 2.50. The molecule has 2 N–H and O–H groups in total. The van der Waals surface area contributed by atoms with Crippen LogP contribution in [0.2, 0.25) is 0 Å². The number of hydrogen-bond acceptors (Lipinski definition) is 3. The third-order valence-electron chi connectivity index (χ3n) is 3.16. The summed E-state index contributed by atoms with van der Waals surface area (Å²) in [6.45, 7) is 1.49. The predicted molar refractivity (Wildman–Crippen MR) is 81.3 cm³/mol.